The molecule has 3 N–H and O–H groups in total. The number of halogens is 4. The van der Waals surface area contributed by atoms with Gasteiger partial charge in [-0.2, -0.15) is 0 Å². The van der Waals surface area contributed by atoms with Gasteiger partial charge in [0.15, 0.2) is 23.4 Å². The predicted octanol–water partition coefficient (Wildman–Crippen LogP) is 3.50. The second-order valence-electron chi connectivity index (χ2n) is 5.37. The summed E-state index contributed by atoms with van der Waals surface area (Å²) in [6.45, 7) is 0.302. The summed E-state index contributed by atoms with van der Waals surface area (Å²) in [6.07, 6.45) is 6.13. The molecule has 0 atom stereocenters. The molecule has 0 aliphatic heterocycles. The molecule has 1 saturated carbocycles. The normalized spacial score (nSPS) is 16.2. The van der Waals surface area contributed by atoms with E-state index in [0.717, 1.165) is 25.0 Å². The van der Waals surface area contributed by atoms with Crippen LogP contribution in [0.2, 0.25) is 0 Å². The van der Waals surface area contributed by atoms with Crippen LogP contribution in [0.4, 0.5) is 13.2 Å². The van der Waals surface area contributed by atoms with E-state index < -0.39 is 17.5 Å². The molecule has 7 heteroatoms. The first-order chi connectivity index (χ1) is 10.1. The Morgan fingerprint density at radius 3 is 2.32 bits per heavy atom. The first kappa shape index (κ1) is 19.1. The van der Waals surface area contributed by atoms with E-state index in [-0.39, 0.29) is 24.0 Å². The molecule has 0 radical (unpaired) electrons. The molecule has 1 aliphatic rings. The van der Waals surface area contributed by atoms with Crippen LogP contribution in [0, 0.1) is 17.5 Å². The van der Waals surface area contributed by atoms with Crippen LogP contribution in [-0.2, 0) is 6.42 Å². The van der Waals surface area contributed by atoms with Crippen molar-refractivity contribution >= 4 is 29.9 Å². The number of nitrogens with two attached hydrogens (primary N) is 1. The average molecular weight is 427 g/mol. The molecule has 3 nitrogen and oxygen atoms in total. The molecule has 0 heterocycles. The number of benzene rings is 1. The molecular weight excluding hydrogens is 406 g/mol. The number of hydrogen-bond acceptors (Lipinski definition) is 1. The minimum Gasteiger partial charge on any atom is -0.370 e. The van der Waals surface area contributed by atoms with E-state index in [1.54, 1.807) is 0 Å². The summed E-state index contributed by atoms with van der Waals surface area (Å²) in [5, 5.41) is 3.16. The van der Waals surface area contributed by atoms with Crippen molar-refractivity contribution in [2.75, 3.05) is 6.54 Å². The third kappa shape index (κ3) is 5.66. The highest BCUT2D eigenvalue weighted by molar-refractivity contribution is 14.0. The van der Waals surface area contributed by atoms with E-state index in [1.165, 1.54) is 19.3 Å². The van der Waals surface area contributed by atoms with Crippen molar-refractivity contribution in [2.45, 2.75) is 44.6 Å². The first-order valence-corrected chi connectivity index (χ1v) is 7.26. The Morgan fingerprint density at radius 2 is 1.73 bits per heavy atom. The van der Waals surface area contributed by atoms with Crippen LogP contribution in [0.1, 0.15) is 37.7 Å². The Hall–Kier alpha value is -0.990. The molecule has 0 aromatic heterocycles. The molecule has 0 amide bonds. The summed E-state index contributed by atoms with van der Waals surface area (Å²) in [5.74, 6) is -3.45. The van der Waals surface area contributed by atoms with Crippen molar-refractivity contribution in [1.82, 2.24) is 5.32 Å². The molecule has 2 rings (SSSR count). The van der Waals surface area contributed by atoms with Crippen LogP contribution < -0.4 is 11.1 Å². The van der Waals surface area contributed by atoms with Gasteiger partial charge in [-0.3, -0.25) is 4.99 Å². The largest absolute Gasteiger partial charge is 0.370 e. The minimum absolute atomic E-state index is 0. The maximum Gasteiger partial charge on any atom is 0.194 e. The van der Waals surface area contributed by atoms with Crippen molar-refractivity contribution < 1.29 is 13.2 Å². The lowest BCUT2D eigenvalue weighted by atomic mass is 9.96. The summed E-state index contributed by atoms with van der Waals surface area (Å²) in [6, 6.07) is 2.33. The quantitative estimate of drug-likeness (QED) is 0.335. The van der Waals surface area contributed by atoms with Crippen LogP contribution in [0.15, 0.2) is 17.1 Å². The fourth-order valence-corrected chi connectivity index (χ4v) is 2.56. The van der Waals surface area contributed by atoms with Gasteiger partial charge < -0.3 is 11.1 Å². The van der Waals surface area contributed by atoms with Crippen LogP contribution in [0.3, 0.4) is 0 Å². The molecule has 0 bridgehead atoms. The Bertz CT molecular complexity index is 494. The topological polar surface area (TPSA) is 50.4 Å². The molecular formula is C15H21F3IN3. The Morgan fingerprint density at radius 1 is 1.14 bits per heavy atom. The fraction of sp³-hybridized carbons (Fsp3) is 0.533. The highest BCUT2D eigenvalue weighted by Crippen LogP contribution is 2.17. The van der Waals surface area contributed by atoms with Gasteiger partial charge in [0.2, 0.25) is 0 Å². The third-order valence-electron chi connectivity index (χ3n) is 3.68. The van der Waals surface area contributed by atoms with Gasteiger partial charge in [0.25, 0.3) is 0 Å². The number of nitrogens with zero attached hydrogens (tertiary/aromatic N) is 1. The summed E-state index contributed by atoms with van der Waals surface area (Å²) in [7, 11) is 0. The SMILES string of the molecule is I.NC(=NCCc1cc(F)c(F)c(F)c1)NC1CCCCC1. The van der Waals surface area contributed by atoms with Gasteiger partial charge in [-0.1, -0.05) is 19.3 Å². The number of aliphatic imine (C=N–C) groups is 1. The Labute approximate surface area is 145 Å². The lowest BCUT2D eigenvalue weighted by Crippen LogP contribution is -2.41. The molecule has 1 aromatic rings. The molecule has 0 unspecified atom stereocenters. The van der Waals surface area contributed by atoms with Gasteiger partial charge in [-0.25, -0.2) is 13.2 Å². The average Bonchev–Trinajstić information content (AvgIpc) is 2.45. The van der Waals surface area contributed by atoms with Crippen LogP contribution in [-0.4, -0.2) is 18.5 Å². The highest BCUT2D eigenvalue weighted by Gasteiger charge is 2.13. The number of rotatable bonds is 4. The van der Waals surface area contributed by atoms with E-state index >= 15 is 0 Å². The summed E-state index contributed by atoms with van der Waals surface area (Å²) in [5.41, 5.74) is 6.15. The molecule has 124 valence electrons. The third-order valence-corrected chi connectivity index (χ3v) is 3.68. The molecule has 0 saturated heterocycles. The smallest absolute Gasteiger partial charge is 0.194 e. The zero-order chi connectivity index (χ0) is 15.2. The fourth-order valence-electron chi connectivity index (χ4n) is 2.56. The maximum absolute atomic E-state index is 13.0. The van der Waals surface area contributed by atoms with E-state index in [4.69, 9.17) is 5.73 Å². The molecule has 0 spiro atoms. The van der Waals surface area contributed by atoms with Crippen LogP contribution >= 0.6 is 24.0 Å². The van der Waals surface area contributed by atoms with Crippen molar-refractivity contribution in [2.24, 2.45) is 10.7 Å². The van der Waals surface area contributed by atoms with Crippen molar-refractivity contribution in [3.05, 3.63) is 35.1 Å². The summed E-state index contributed by atoms with van der Waals surface area (Å²) < 4.78 is 38.9. The first-order valence-electron chi connectivity index (χ1n) is 7.26. The second kappa shape index (κ2) is 9.22. The monoisotopic (exact) mass is 427 g/mol. The molecule has 1 aromatic carbocycles. The van der Waals surface area contributed by atoms with E-state index in [2.05, 4.69) is 10.3 Å². The van der Waals surface area contributed by atoms with Gasteiger partial charge in [0.05, 0.1) is 0 Å². The lowest BCUT2D eigenvalue weighted by Gasteiger charge is -2.23. The van der Waals surface area contributed by atoms with Crippen molar-refractivity contribution in [1.29, 1.82) is 0 Å². The lowest BCUT2D eigenvalue weighted by molar-refractivity contribution is 0.412. The van der Waals surface area contributed by atoms with Gasteiger partial charge in [0, 0.05) is 12.6 Å². The maximum atomic E-state index is 13.0. The van der Waals surface area contributed by atoms with Gasteiger partial charge in [-0.05, 0) is 37.0 Å². The Balaban J connectivity index is 0.00000242. The van der Waals surface area contributed by atoms with E-state index in [9.17, 15) is 13.2 Å². The van der Waals surface area contributed by atoms with Gasteiger partial charge >= 0.3 is 0 Å². The van der Waals surface area contributed by atoms with Crippen molar-refractivity contribution in [3.63, 3.8) is 0 Å². The van der Waals surface area contributed by atoms with Gasteiger partial charge in [0.1, 0.15) is 0 Å². The van der Waals surface area contributed by atoms with Crippen LogP contribution in [0.25, 0.3) is 0 Å². The molecule has 1 aliphatic carbocycles. The zero-order valence-corrected chi connectivity index (χ0v) is 14.6. The molecule has 1 fully saturated rings. The number of guanidine groups is 1. The van der Waals surface area contributed by atoms with Crippen LogP contribution in [0.5, 0.6) is 0 Å². The standard InChI is InChI=1S/C15H20F3N3.HI/c16-12-8-10(9-13(17)14(12)18)6-7-20-15(19)21-11-4-2-1-3-5-11;/h8-9,11H,1-7H2,(H3,19,20,21);1H. The number of nitrogens with one attached hydrogen (secondary N) is 1. The van der Waals surface area contributed by atoms with E-state index in [0.29, 0.717) is 30.5 Å². The minimum atomic E-state index is -1.44. The Kier molecular flexibility index (Phi) is 7.98. The highest BCUT2D eigenvalue weighted by atomic mass is 127. The summed E-state index contributed by atoms with van der Waals surface area (Å²) in [4.78, 5) is 4.14. The van der Waals surface area contributed by atoms with Crippen molar-refractivity contribution in [3.8, 4) is 0 Å². The second-order valence-corrected chi connectivity index (χ2v) is 5.37. The van der Waals surface area contributed by atoms with Gasteiger partial charge in [-0.15, -0.1) is 24.0 Å². The summed E-state index contributed by atoms with van der Waals surface area (Å²) >= 11 is 0. The van der Waals surface area contributed by atoms with E-state index in [1.807, 2.05) is 0 Å². The molecule has 22 heavy (non-hydrogen) atoms. The zero-order valence-electron chi connectivity index (χ0n) is 12.2. The predicted molar refractivity (Wildman–Crippen MR) is 91.9 cm³/mol. The number of hydrogen-bond donors (Lipinski definition) is 2.